The first-order valence-corrected chi connectivity index (χ1v) is 7.20. The van der Waals surface area contributed by atoms with Crippen molar-refractivity contribution in [1.82, 2.24) is 15.1 Å². The second-order valence-corrected chi connectivity index (χ2v) is 5.57. The number of benzene rings is 1. The lowest BCUT2D eigenvalue weighted by Gasteiger charge is -2.21. The van der Waals surface area contributed by atoms with Crippen LogP contribution in [0.15, 0.2) is 36.7 Å². The maximum atomic E-state index is 6.19. The molecule has 1 fully saturated rings. The van der Waals surface area contributed by atoms with Gasteiger partial charge in [-0.05, 0) is 56.0 Å². The molecule has 4 heteroatoms. The largest absolute Gasteiger partial charge is 0.316 e. The van der Waals surface area contributed by atoms with Gasteiger partial charge < -0.3 is 5.32 Å². The van der Waals surface area contributed by atoms with E-state index < -0.39 is 0 Å². The van der Waals surface area contributed by atoms with Crippen LogP contribution in [0.2, 0.25) is 5.02 Å². The van der Waals surface area contributed by atoms with Gasteiger partial charge in [0.25, 0.3) is 0 Å². The molecule has 1 aliphatic heterocycles. The highest BCUT2D eigenvalue weighted by Gasteiger charge is 2.14. The van der Waals surface area contributed by atoms with Crippen LogP contribution in [0.5, 0.6) is 0 Å². The number of para-hydroxylation sites is 1. The molecule has 3 nitrogen and oxygen atoms in total. The van der Waals surface area contributed by atoms with E-state index in [2.05, 4.69) is 16.6 Å². The highest BCUT2D eigenvalue weighted by atomic mass is 35.5. The van der Waals surface area contributed by atoms with Crippen molar-refractivity contribution in [2.45, 2.75) is 19.3 Å². The van der Waals surface area contributed by atoms with E-state index in [0.717, 1.165) is 36.1 Å². The molecule has 0 aliphatic carbocycles. The van der Waals surface area contributed by atoms with Gasteiger partial charge in [0.05, 0.1) is 16.9 Å². The number of nitrogens with one attached hydrogen (secondary N) is 1. The zero-order valence-corrected chi connectivity index (χ0v) is 11.6. The van der Waals surface area contributed by atoms with E-state index in [0.29, 0.717) is 0 Å². The standard InChI is InChI=1S/C15H18ClN3/c16-14-5-1-2-6-15(14)19-11-13(10-18-19)8-12-4-3-7-17-9-12/h1-2,5-6,10-12,17H,3-4,7-9H2. The van der Waals surface area contributed by atoms with Crippen molar-refractivity contribution < 1.29 is 0 Å². The molecule has 1 atom stereocenters. The lowest BCUT2D eigenvalue weighted by Crippen LogP contribution is -2.30. The number of aromatic nitrogens is 2. The predicted octanol–water partition coefficient (Wildman–Crippen LogP) is 3.07. The summed E-state index contributed by atoms with van der Waals surface area (Å²) in [6, 6.07) is 7.79. The average Bonchev–Trinajstić information content (AvgIpc) is 2.89. The van der Waals surface area contributed by atoms with Gasteiger partial charge in [-0.15, -0.1) is 0 Å². The Kier molecular flexibility index (Phi) is 3.85. The Hall–Kier alpha value is -1.32. The second-order valence-electron chi connectivity index (χ2n) is 5.16. The van der Waals surface area contributed by atoms with Crippen LogP contribution in [0.4, 0.5) is 0 Å². The first-order chi connectivity index (χ1) is 9.33. The van der Waals surface area contributed by atoms with E-state index in [4.69, 9.17) is 11.6 Å². The molecule has 2 aromatic rings. The molecule has 0 spiro atoms. The minimum Gasteiger partial charge on any atom is -0.316 e. The zero-order valence-electron chi connectivity index (χ0n) is 10.8. The Morgan fingerprint density at radius 3 is 3.05 bits per heavy atom. The van der Waals surface area contributed by atoms with Crippen LogP contribution in [0.3, 0.4) is 0 Å². The van der Waals surface area contributed by atoms with Gasteiger partial charge in [-0.25, -0.2) is 4.68 Å². The van der Waals surface area contributed by atoms with E-state index in [9.17, 15) is 0 Å². The van der Waals surface area contributed by atoms with E-state index >= 15 is 0 Å². The van der Waals surface area contributed by atoms with Gasteiger partial charge in [0, 0.05) is 6.20 Å². The number of hydrogen-bond donors (Lipinski definition) is 1. The minimum atomic E-state index is 0.733. The summed E-state index contributed by atoms with van der Waals surface area (Å²) < 4.78 is 1.87. The number of rotatable bonds is 3. The molecular weight excluding hydrogens is 258 g/mol. The molecule has 1 aromatic carbocycles. The molecule has 2 heterocycles. The molecule has 0 amide bonds. The summed E-state index contributed by atoms with van der Waals surface area (Å²) in [6.07, 6.45) is 7.73. The van der Waals surface area contributed by atoms with Crippen LogP contribution in [0.25, 0.3) is 5.69 Å². The molecule has 1 saturated heterocycles. The smallest absolute Gasteiger partial charge is 0.0831 e. The third kappa shape index (κ3) is 2.99. The van der Waals surface area contributed by atoms with Gasteiger partial charge in [0.2, 0.25) is 0 Å². The molecule has 100 valence electrons. The van der Waals surface area contributed by atoms with Gasteiger partial charge in [0.15, 0.2) is 0 Å². The zero-order chi connectivity index (χ0) is 13.1. The van der Waals surface area contributed by atoms with E-state index in [1.807, 2.05) is 35.1 Å². The van der Waals surface area contributed by atoms with Crippen LogP contribution in [-0.2, 0) is 6.42 Å². The normalized spacial score (nSPS) is 19.5. The Labute approximate surface area is 118 Å². The molecule has 0 saturated carbocycles. The molecule has 3 rings (SSSR count). The predicted molar refractivity (Wildman–Crippen MR) is 77.9 cm³/mol. The molecule has 1 aliphatic rings. The molecular formula is C15H18ClN3. The third-order valence-electron chi connectivity index (χ3n) is 3.66. The van der Waals surface area contributed by atoms with Crippen molar-refractivity contribution in [3.63, 3.8) is 0 Å². The van der Waals surface area contributed by atoms with E-state index in [1.165, 1.54) is 18.4 Å². The molecule has 0 bridgehead atoms. The Balaban J connectivity index is 1.74. The fourth-order valence-corrected chi connectivity index (χ4v) is 2.89. The number of piperidine rings is 1. The molecule has 1 N–H and O–H groups in total. The van der Waals surface area contributed by atoms with Crippen LogP contribution in [0.1, 0.15) is 18.4 Å². The highest BCUT2D eigenvalue weighted by molar-refractivity contribution is 6.32. The van der Waals surface area contributed by atoms with Crippen LogP contribution in [-0.4, -0.2) is 22.9 Å². The van der Waals surface area contributed by atoms with Crippen molar-refractivity contribution in [3.05, 3.63) is 47.2 Å². The summed E-state index contributed by atoms with van der Waals surface area (Å²) in [7, 11) is 0. The van der Waals surface area contributed by atoms with Gasteiger partial charge in [0.1, 0.15) is 0 Å². The first kappa shape index (κ1) is 12.7. The summed E-state index contributed by atoms with van der Waals surface area (Å²) >= 11 is 6.19. The SMILES string of the molecule is Clc1ccccc1-n1cc(CC2CCCNC2)cn1. The Morgan fingerprint density at radius 2 is 2.26 bits per heavy atom. The lowest BCUT2D eigenvalue weighted by molar-refractivity contribution is 0.376. The van der Waals surface area contributed by atoms with E-state index in [1.54, 1.807) is 0 Å². The maximum Gasteiger partial charge on any atom is 0.0831 e. The van der Waals surface area contributed by atoms with Crippen molar-refractivity contribution in [2.24, 2.45) is 5.92 Å². The second kappa shape index (κ2) is 5.76. The van der Waals surface area contributed by atoms with Gasteiger partial charge in [-0.1, -0.05) is 23.7 Å². The van der Waals surface area contributed by atoms with Gasteiger partial charge in [-0.3, -0.25) is 0 Å². The van der Waals surface area contributed by atoms with Crippen molar-refractivity contribution in [3.8, 4) is 5.69 Å². The van der Waals surface area contributed by atoms with Gasteiger partial charge in [-0.2, -0.15) is 5.10 Å². The topological polar surface area (TPSA) is 29.9 Å². The van der Waals surface area contributed by atoms with Crippen LogP contribution >= 0.6 is 11.6 Å². The summed E-state index contributed by atoms with van der Waals surface area (Å²) in [5, 5.41) is 8.61. The number of hydrogen-bond acceptors (Lipinski definition) is 2. The van der Waals surface area contributed by atoms with Crippen molar-refractivity contribution >= 4 is 11.6 Å². The highest BCUT2D eigenvalue weighted by Crippen LogP contribution is 2.21. The average molecular weight is 276 g/mol. The summed E-state index contributed by atoms with van der Waals surface area (Å²) in [5.74, 6) is 0.734. The first-order valence-electron chi connectivity index (χ1n) is 6.82. The van der Waals surface area contributed by atoms with Gasteiger partial charge >= 0.3 is 0 Å². The quantitative estimate of drug-likeness (QED) is 0.933. The fraction of sp³-hybridized carbons (Fsp3) is 0.400. The maximum absolute atomic E-state index is 6.19. The molecule has 1 unspecified atom stereocenters. The monoisotopic (exact) mass is 275 g/mol. The summed E-state index contributed by atoms with van der Waals surface area (Å²) in [4.78, 5) is 0. The summed E-state index contributed by atoms with van der Waals surface area (Å²) in [6.45, 7) is 2.28. The Morgan fingerprint density at radius 1 is 1.37 bits per heavy atom. The lowest BCUT2D eigenvalue weighted by atomic mass is 9.94. The summed E-state index contributed by atoms with van der Waals surface area (Å²) in [5.41, 5.74) is 2.23. The molecule has 19 heavy (non-hydrogen) atoms. The number of nitrogens with zero attached hydrogens (tertiary/aromatic N) is 2. The van der Waals surface area contributed by atoms with Crippen LogP contribution < -0.4 is 5.32 Å². The molecule has 1 aromatic heterocycles. The van der Waals surface area contributed by atoms with Crippen LogP contribution in [0, 0.1) is 5.92 Å². The van der Waals surface area contributed by atoms with Crippen molar-refractivity contribution in [1.29, 1.82) is 0 Å². The minimum absolute atomic E-state index is 0.733. The molecule has 0 radical (unpaired) electrons. The Bertz CT molecular complexity index is 544. The van der Waals surface area contributed by atoms with Crippen molar-refractivity contribution in [2.75, 3.05) is 13.1 Å². The number of halogens is 1. The fourth-order valence-electron chi connectivity index (χ4n) is 2.67. The third-order valence-corrected chi connectivity index (χ3v) is 3.98. The van der Waals surface area contributed by atoms with E-state index in [-0.39, 0.29) is 0 Å².